The molecule has 0 radical (unpaired) electrons. The molecule has 0 heterocycles. The lowest BCUT2D eigenvalue weighted by Crippen LogP contribution is -2.16. The Morgan fingerprint density at radius 2 is 1.74 bits per heavy atom. The van der Waals surface area contributed by atoms with Crippen LogP contribution in [0.3, 0.4) is 0 Å². The van der Waals surface area contributed by atoms with Crippen LogP contribution >= 0.6 is 0 Å². The number of amides is 1. The molecule has 3 aromatic rings. The van der Waals surface area contributed by atoms with Gasteiger partial charge in [0.25, 0.3) is 6.71 Å². The average molecular weight is 460 g/mol. The summed E-state index contributed by atoms with van der Waals surface area (Å²) < 4.78 is 30.2. The molecule has 0 spiro atoms. The third kappa shape index (κ3) is 6.76. The SMILES string of the molecule is COc1cccc(NC(=O)Cc2cc(Oc3cccc(F)c3)c(OC)cc2CCB(C)C#N)c1. The number of nitriles is 1. The number of aryl methyl sites for hydroxylation is 1. The monoisotopic (exact) mass is 460 g/mol. The summed E-state index contributed by atoms with van der Waals surface area (Å²) >= 11 is 0. The van der Waals surface area contributed by atoms with E-state index in [2.05, 4.69) is 11.3 Å². The first-order valence-corrected chi connectivity index (χ1v) is 10.9. The van der Waals surface area contributed by atoms with Crippen LogP contribution in [0.15, 0.2) is 60.7 Å². The number of hydrogen-bond donors (Lipinski definition) is 1. The van der Waals surface area contributed by atoms with Gasteiger partial charge in [0.05, 0.1) is 20.6 Å². The Morgan fingerprint density at radius 1 is 1.00 bits per heavy atom. The highest BCUT2D eigenvalue weighted by atomic mass is 19.1. The molecule has 0 aliphatic carbocycles. The minimum absolute atomic E-state index is 0.0803. The highest BCUT2D eigenvalue weighted by molar-refractivity contribution is 6.65. The fourth-order valence-electron chi connectivity index (χ4n) is 3.45. The van der Waals surface area contributed by atoms with Crippen LogP contribution in [-0.2, 0) is 17.6 Å². The molecular weight excluding hydrogens is 434 g/mol. The number of hydrogen-bond acceptors (Lipinski definition) is 5. The normalized spacial score (nSPS) is 10.2. The van der Waals surface area contributed by atoms with Crippen LogP contribution in [0, 0.1) is 17.0 Å². The fourth-order valence-corrected chi connectivity index (χ4v) is 3.45. The Balaban J connectivity index is 1.90. The molecule has 0 atom stereocenters. The number of benzene rings is 3. The zero-order valence-corrected chi connectivity index (χ0v) is 19.4. The van der Waals surface area contributed by atoms with Crippen molar-refractivity contribution in [2.75, 3.05) is 19.5 Å². The van der Waals surface area contributed by atoms with Gasteiger partial charge in [-0.15, -0.1) is 0 Å². The molecule has 8 heteroatoms. The van der Waals surface area contributed by atoms with E-state index in [-0.39, 0.29) is 19.0 Å². The van der Waals surface area contributed by atoms with Crippen LogP contribution in [0.4, 0.5) is 10.1 Å². The maximum Gasteiger partial charge on any atom is 0.265 e. The van der Waals surface area contributed by atoms with E-state index in [0.717, 1.165) is 11.1 Å². The van der Waals surface area contributed by atoms with E-state index in [1.54, 1.807) is 49.6 Å². The second-order valence-corrected chi connectivity index (χ2v) is 7.86. The van der Waals surface area contributed by atoms with Crippen molar-refractivity contribution in [3.05, 3.63) is 77.6 Å². The number of nitrogens with zero attached hydrogens (tertiary/aromatic N) is 1. The molecule has 0 unspecified atom stereocenters. The minimum Gasteiger partial charge on any atom is -0.497 e. The minimum atomic E-state index is -0.420. The van der Waals surface area contributed by atoms with E-state index < -0.39 is 5.82 Å². The van der Waals surface area contributed by atoms with Crippen molar-refractivity contribution in [2.45, 2.75) is 26.0 Å². The van der Waals surface area contributed by atoms with Crippen molar-refractivity contribution in [1.29, 1.82) is 5.26 Å². The van der Waals surface area contributed by atoms with E-state index in [1.807, 2.05) is 12.9 Å². The Morgan fingerprint density at radius 3 is 2.44 bits per heavy atom. The Kier molecular flexibility index (Phi) is 8.52. The van der Waals surface area contributed by atoms with Gasteiger partial charge < -0.3 is 19.5 Å². The molecule has 3 aromatic carbocycles. The lowest BCUT2D eigenvalue weighted by atomic mass is 9.50. The molecule has 0 saturated heterocycles. The highest BCUT2D eigenvalue weighted by Gasteiger charge is 2.17. The number of halogens is 1. The van der Waals surface area contributed by atoms with Crippen LogP contribution in [0.25, 0.3) is 0 Å². The van der Waals surface area contributed by atoms with Gasteiger partial charge >= 0.3 is 0 Å². The lowest BCUT2D eigenvalue weighted by molar-refractivity contribution is -0.115. The predicted octanol–water partition coefficient (Wildman–Crippen LogP) is 5.55. The van der Waals surface area contributed by atoms with Crippen molar-refractivity contribution >= 4 is 18.3 Å². The summed E-state index contributed by atoms with van der Waals surface area (Å²) in [4.78, 5) is 12.9. The first-order valence-electron chi connectivity index (χ1n) is 10.9. The van der Waals surface area contributed by atoms with E-state index in [9.17, 15) is 9.18 Å². The summed E-state index contributed by atoms with van der Waals surface area (Å²) in [7, 11) is 3.08. The number of ether oxygens (including phenoxy) is 3. The van der Waals surface area contributed by atoms with Crippen molar-refractivity contribution < 1.29 is 23.4 Å². The third-order valence-electron chi connectivity index (χ3n) is 5.28. The average Bonchev–Trinajstić information content (AvgIpc) is 2.83. The summed E-state index contributed by atoms with van der Waals surface area (Å²) in [5.41, 5.74) is 2.23. The molecular formula is C26H26BFN2O4. The fraction of sp³-hybridized carbons (Fsp3) is 0.231. The third-order valence-corrected chi connectivity index (χ3v) is 5.28. The molecule has 0 aliphatic rings. The molecule has 0 fully saturated rings. The van der Waals surface area contributed by atoms with Gasteiger partial charge in [-0.05, 0) is 53.9 Å². The van der Waals surface area contributed by atoms with Crippen LogP contribution in [-0.4, -0.2) is 26.8 Å². The van der Waals surface area contributed by atoms with Gasteiger partial charge in [-0.2, -0.15) is 0 Å². The number of anilines is 1. The van der Waals surface area contributed by atoms with Gasteiger partial charge in [0, 0.05) is 23.8 Å². The number of nitrogens with one attached hydrogen (secondary N) is 1. The molecule has 3 rings (SSSR count). The first-order chi connectivity index (χ1) is 16.4. The van der Waals surface area contributed by atoms with E-state index in [1.165, 1.54) is 19.2 Å². The van der Waals surface area contributed by atoms with E-state index in [4.69, 9.17) is 19.5 Å². The van der Waals surface area contributed by atoms with Crippen molar-refractivity contribution in [1.82, 2.24) is 0 Å². The van der Waals surface area contributed by atoms with Gasteiger partial charge in [0.15, 0.2) is 11.5 Å². The van der Waals surface area contributed by atoms with Gasteiger partial charge in [-0.25, -0.2) is 9.65 Å². The Labute approximate surface area is 199 Å². The molecule has 1 amide bonds. The Hall–Kier alpha value is -3.99. The molecule has 0 bridgehead atoms. The van der Waals surface area contributed by atoms with Crippen LogP contribution in [0.2, 0.25) is 13.1 Å². The van der Waals surface area contributed by atoms with Crippen molar-refractivity contribution in [2.24, 2.45) is 0 Å². The summed E-state index contributed by atoms with van der Waals surface area (Å²) in [5.74, 6) is 3.38. The molecule has 0 aromatic heterocycles. The molecule has 0 saturated carbocycles. The largest absolute Gasteiger partial charge is 0.497 e. The van der Waals surface area contributed by atoms with Gasteiger partial charge in [0.2, 0.25) is 5.91 Å². The van der Waals surface area contributed by atoms with Crippen molar-refractivity contribution in [3.8, 4) is 29.0 Å². The Bertz CT molecular complexity index is 1200. The summed E-state index contributed by atoms with van der Waals surface area (Å²) in [6.07, 6.45) is 1.30. The zero-order chi connectivity index (χ0) is 24.5. The maximum atomic E-state index is 13.6. The lowest BCUT2D eigenvalue weighted by Gasteiger charge is -2.17. The van der Waals surface area contributed by atoms with Crippen LogP contribution in [0.1, 0.15) is 11.1 Å². The van der Waals surface area contributed by atoms with E-state index in [0.29, 0.717) is 41.4 Å². The quantitative estimate of drug-likeness (QED) is 0.402. The number of carbonyl (C=O) groups is 1. The van der Waals surface area contributed by atoms with E-state index >= 15 is 0 Å². The topological polar surface area (TPSA) is 80.6 Å². The summed E-state index contributed by atoms with van der Waals surface area (Å²) in [6, 6.07) is 16.5. The molecule has 1 N–H and O–H groups in total. The van der Waals surface area contributed by atoms with Crippen LogP contribution < -0.4 is 19.5 Å². The molecule has 6 nitrogen and oxygen atoms in total. The summed E-state index contributed by atoms with van der Waals surface area (Å²) in [5, 5.41) is 12.0. The molecule has 0 aliphatic heterocycles. The maximum absolute atomic E-state index is 13.6. The summed E-state index contributed by atoms with van der Waals surface area (Å²) in [6.45, 7) is 1.72. The second kappa shape index (κ2) is 11.8. The van der Waals surface area contributed by atoms with Gasteiger partial charge in [-0.1, -0.05) is 25.3 Å². The second-order valence-electron chi connectivity index (χ2n) is 7.86. The van der Waals surface area contributed by atoms with Crippen LogP contribution in [0.5, 0.6) is 23.0 Å². The number of rotatable bonds is 10. The highest BCUT2D eigenvalue weighted by Crippen LogP contribution is 2.35. The standard InChI is InChI=1S/C26H26BFN2O4/c1-27(17-29)11-10-18-12-24(33-3)25(34-23-9-4-6-20(28)15-23)13-19(18)14-26(31)30-21-7-5-8-22(16-21)32-2/h4-9,12-13,15-16H,10-11,14H2,1-3H3,(H,30,31). The van der Waals surface area contributed by atoms with Gasteiger partial charge in [-0.3, -0.25) is 4.79 Å². The molecule has 174 valence electrons. The van der Waals surface area contributed by atoms with Crippen molar-refractivity contribution in [3.63, 3.8) is 0 Å². The van der Waals surface area contributed by atoms with Gasteiger partial charge in [0.1, 0.15) is 17.3 Å². The molecule has 34 heavy (non-hydrogen) atoms. The number of methoxy groups -OCH3 is 2. The smallest absolute Gasteiger partial charge is 0.265 e. The predicted molar refractivity (Wildman–Crippen MR) is 131 cm³/mol. The zero-order valence-electron chi connectivity index (χ0n) is 19.4. The number of carbonyl (C=O) groups excluding carboxylic acids is 1. The first kappa shape index (κ1) is 24.7.